The van der Waals surface area contributed by atoms with Crippen molar-refractivity contribution >= 4 is 23.1 Å². The summed E-state index contributed by atoms with van der Waals surface area (Å²) in [5.74, 6) is 1.52. The number of Topliss-reactive ketones (excluding diaryl/α,β-unsaturated/α-hetero) is 1. The lowest BCUT2D eigenvalue weighted by Gasteiger charge is -2.37. The molecule has 0 radical (unpaired) electrons. The quantitative estimate of drug-likeness (QED) is 0.392. The molecule has 31 heavy (non-hydrogen) atoms. The Balaban J connectivity index is 1.68. The van der Waals surface area contributed by atoms with Gasteiger partial charge in [-0.15, -0.1) is 0 Å². The van der Waals surface area contributed by atoms with Crippen molar-refractivity contribution in [2.45, 2.75) is 19.9 Å². The van der Waals surface area contributed by atoms with E-state index in [0.717, 1.165) is 22.8 Å². The number of nitrogens with zero attached hydrogens (tertiary/aromatic N) is 1. The molecule has 0 amide bonds. The van der Waals surface area contributed by atoms with Gasteiger partial charge >= 0.3 is 0 Å². The Morgan fingerprint density at radius 1 is 0.935 bits per heavy atom. The third-order valence-corrected chi connectivity index (χ3v) is 5.72. The summed E-state index contributed by atoms with van der Waals surface area (Å²) in [6.45, 7) is 4.69. The van der Waals surface area contributed by atoms with Gasteiger partial charge < -0.3 is 15.0 Å². The van der Waals surface area contributed by atoms with Crippen LogP contribution in [0.3, 0.4) is 0 Å². The summed E-state index contributed by atoms with van der Waals surface area (Å²) in [6, 6.07) is 26.5. The molecule has 0 aliphatic carbocycles. The summed E-state index contributed by atoms with van der Waals surface area (Å²) < 4.78 is 5.91. The van der Waals surface area contributed by atoms with Crippen LogP contribution in [-0.4, -0.2) is 22.3 Å². The standard InChI is InChI=1S/C26H24N2O2S/c1-3-28-18(2)23(25(29)20-10-6-4-7-11-20)24(27-26(28)31)19-14-16-22(17-15-19)30-21-12-8-5-9-13-21/h4-17,24H,3H2,1-2H3,(H,27,31). The number of thiocarbonyl (C=S) groups is 1. The number of ether oxygens (including phenoxy) is 1. The molecule has 1 unspecified atom stereocenters. The predicted molar refractivity (Wildman–Crippen MR) is 127 cm³/mol. The molecule has 3 aromatic carbocycles. The first-order valence-corrected chi connectivity index (χ1v) is 10.7. The molecular weight excluding hydrogens is 404 g/mol. The molecule has 0 saturated heterocycles. The largest absolute Gasteiger partial charge is 0.457 e. The Kier molecular flexibility index (Phi) is 6.14. The van der Waals surface area contributed by atoms with Crippen molar-refractivity contribution in [2.24, 2.45) is 0 Å². The van der Waals surface area contributed by atoms with Crippen LogP contribution in [0.1, 0.15) is 35.8 Å². The number of allylic oxidation sites excluding steroid dienone is 1. The first-order chi connectivity index (χ1) is 15.1. The smallest absolute Gasteiger partial charge is 0.193 e. The molecule has 0 saturated carbocycles. The molecular formula is C26H24N2O2S. The summed E-state index contributed by atoms with van der Waals surface area (Å²) in [7, 11) is 0. The third kappa shape index (κ3) is 4.37. The number of hydrogen-bond acceptors (Lipinski definition) is 3. The Bertz CT molecular complexity index is 1110. The van der Waals surface area contributed by atoms with Crippen molar-refractivity contribution in [2.75, 3.05) is 6.54 Å². The van der Waals surface area contributed by atoms with Crippen LogP contribution in [0.2, 0.25) is 0 Å². The van der Waals surface area contributed by atoms with Gasteiger partial charge in [-0.05, 0) is 55.9 Å². The van der Waals surface area contributed by atoms with E-state index in [0.29, 0.717) is 22.8 Å². The number of ketones is 1. The van der Waals surface area contributed by atoms with Gasteiger partial charge in [-0.1, -0.05) is 60.7 Å². The van der Waals surface area contributed by atoms with Gasteiger partial charge in [0.05, 0.1) is 6.04 Å². The van der Waals surface area contributed by atoms with Crippen LogP contribution in [0.4, 0.5) is 0 Å². The van der Waals surface area contributed by atoms with Gasteiger partial charge in [0, 0.05) is 23.4 Å². The Labute approximate surface area is 188 Å². The molecule has 4 nitrogen and oxygen atoms in total. The molecule has 1 heterocycles. The number of rotatable bonds is 6. The number of carbonyl (C=O) groups is 1. The third-order valence-electron chi connectivity index (χ3n) is 5.39. The van der Waals surface area contributed by atoms with Crippen LogP contribution >= 0.6 is 12.2 Å². The molecule has 1 aliphatic rings. The second-order valence-electron chi connectivity index (χ2n) is 7.31. The Morgan fingerprint density at radius 3 is 2.13 bits per heavy atom. The first kappa shape index (κ1) is 20.8. The van der Waals surface area contributed by atoms with E-state index < -0.39 is 0 Å². The molecule has 156 valence electrons. The number of nitrogens with one attached hydrogen (secondary N) is 1. The fourth-order valence-corrected chi connectivity index (χ4v) is 4.19. The van der Waals surface area contributed by atoms with E-state index in [1.165, 1.54) is 0 Å². The monoisotopic (exact) mass is 428 g/mol. The molecule has 5 heteroatoms. The topological polar surface area (TPSA) is 41.6 Å². The number of benzene rings is 3. The van der Waals surface area contributed by atoms with Gasteiger partial charge in [-0.3, -0.25) is 4.79 Å². The lowest BCUT2D eigenvalue weighted by molar-refractivity contribution is 0.102. The van der Waals surface area contributed by atoms with Crippen molar-refractivity contribution < 1.29 is 9.53 Å². The van der Waals surface area contributed by atoms with E-state index in [9.17, 15) is 4.79 Å². The minimum absolute atomic E-state index is 0.00108. The highest BCUT2D eigenvalue weighted by Crippen LogP contribution is 2.34. The highest BCUT2D eigenvalue weighted by atomic mass is 32.1. The minimum Gasteiger partial charge on any atom is -0.457 e. The average molecular weight is 429 g/mol. The highest BCUT2D eigenvalue weighted by Gasteiger charge is 2.33. The number of para-hydroxylation sites is 1. The lowest BCUT2D eigenvalue weighted by Crippen LogP contribution is -2.47. The van der Waals surface area contributed by atoms with E-state index in [-0.39, 0.29) is 11.8 Å². The van der Waals surface area contributed by atoms with Gasteiger partial charge in [0.15, 0.2) is 10.9 Å². The Hall–Kier alpha value is -3.44. The maximum absolute atomic E-state index is 13.5. The zero-order valence-electron chi connectivity index (χ0n) is 17.5. The zero-order valence-corrected chi connectivity index (χ0v) is 18.4. The molecule has 1 aliphatic heterocycles. The second kappa shape index (κ2) is 9.14. The molecule has 0 aromatic heterocycles. The van der Waals surface area contributed by atoms with Crippen molar-refractivity contribution in [1.29, 1.82) is 0 Å². The van der Waals surface area contributed by atoms with Crippen LogP contribution < -0.4 is 10.1 Å². The summed E-state index contributed by atoms with van der Waals surface area (Å²) >= 11 is 5.59. The van der Waals surface area contributed by atoms with Gasteiger partial charge in [0.1, 0.15) is 11.5 Å². The van der Waals surface area contributed by atoms with E-state index in [1.54, 1.807) is 0 Å². The van der Waals surface area contributed by atoms with Crippen molar-refractivity contribution in [1.82, 2.24) is 10.2 Å². The van der Waals surface area contributed by atoms with E-state index in [1.807, 2.05) is 104 Å². The predicted octanol–water partition coefficient (Wildman–Crippen LogP) is 5.89. The summed E-state index contributed by atoms with van der Waals surface area (Å²) in [4.78, 5) is 15.4. The summed E-state index contributed by atoms with van der Waals surface area (Å²) in [5.41, 5.74) is 3.21. The van der Waals surface area contributed by atoms with Gasteiger partial charge in [0.25, 0.3) is 0 Å². The van der Waals surface area contributed by atoms with E-state index in [4.69, 9.17) is 17.0 Å². The van der Waals surface area contributed by atoms with E-state index >= 15 is 0 Å². The molecule has 0 bridgehead atoms. The van der Waals surface area contributed by atoms with Crippen LogP contribution in [0.5, 0.6) is 11.5 Å². The minimum atomic E-state index is -0.325. The zero-order chi connectivity index (χ0) is 21.8. The maximum Gasteiger partial charge on any atom is 0.193 e. The summed E-state index contributed by atoms with van der Waals surface area (Å²) in [6.07, 6.45) is 0. The van der Waals surface area contributed by atoms with Crippen LogP contribution in [0.15, 0.2) is 96.2 Å². The van der Waals surface area contributed by atoms with Crippen LogP contribution in [0, 0.1) is 0 Å². The fourth-order valence-electron chi connectivity index (χ4n) is 3.80. The molecule has 0 spiro atoms. The van der Waals surface area contributed by atoms with E-state index in [2.05, 4.69) is 5.32 Å². The molecule has 3 aromatic rings. The SMILES string of the molecule is CCN1C(=S)NC(c2ccc(Oc3ccccc3)cc2)C(C(=O)c2ccccc2)=C1C. The van der Waals surface area contributed by atoms with Crippen molar-refractivity contribution in [3.63, 3.8) is 0 Å². The van der Waals surface area contributed by atoms with Gasteiger partial charge in [0.2, 0.25) is 0 Å². The average Bonchev–Trinajstić information content (AvgIpc) is 2.80. The number of hydrogen-bond donors (Lipinski definition) is 1. The Morgan fingerprint density at radius 2 is 1.52 bits per heavy atom. The van der Waals surface area contributed by atoms with Gasteiger partial charge in [-0.2, -0.15) is 0 Å². The first-order valence-electron chi connectivity index (χ1n) is 10.3. The van der Waals surface area contributed by atoms with Crippen LogP contribution in [0.25, 0.3) is 0 Å². The van der Waals surface area contributed by atoms with Crippen LogP contribution in [-0.2, 0) is 0 Å². The van der Waals surface area contributed by atoms with Crippen molar-refractivity contribution in [3.8, 4) is 11.5 Å². The maximum atomic E-state index is 13.5. The molecule has 1 N–H and O–H groups in total. The molecule has 0 fully saturated rings. The number of carbonyl (C=O) groups excluding carboxylic acids is 1. The normalized spacial score (nSPS) is 16.1. The second-order valence-corrected chi connectivity index (χ2v) is 7.69. The lowest BCUT2D eigenvalue weighted by atomic mass is 9.89. The molecule has 4 rings (SSSR count). The summed E-state index contributed by atoms with van der Waals surface area (Å²) in [5, 5.41) is 4.00. The molecule has 1 atom stereocenters. The fraction of sp³-hybridized carbons (Fsp3) is 0.154. The van der Waals surface area contributed by atoms with Gasteiger partial charge in [-0.25, -0.2) is 0 Å². The van der Waals surface area contributed by atoms with Crippen molar-refractivity contribution in [3.05, 3.63) is 107 Å². The highest BCUT2D eigenvalue weighted by molar-refractivity contribution is 7.80.